The van der Waals surface area contributed by atoms with Crippen molar-refractivity contribution in [3.05, 3.63) is 119 Å². The molecule has 8 N–H and O–H groups in total. The molecular formula is C28H30CoN4O12S2. The Morgan fingerprint density at radius 1 is 0.489 bits per heavy atom. The van der Waals surface area contributed by atoms with Crippen LogP contribution < -0.4 is 10.2 Å². The Morgan fingerprint density at radius 2 is 0.766 bits per heavy atom. The largest absolute Gasteiger partial charge is 2.00 e. The number of rotatable bonds is 4. The quantitative estimate of drug-likeness (QED) is 0.169. The Labute approximate surface area is 280 Å². The van der Waals surface area contributed by atoms with Crippen molar-refractivity contribution in [3.8, 4) is 0 Å². The Balaban J connectivity index is 0.000000590. The van der Waals surface area contributed by atoms with E-state index in [0.29, 0.717) is 22.8 Å². The van der Waals surface area contributed by atoms with Crippen LogP contribution in [0, 0.1) is 0 Å². The maximum atomic E-state index is 11.1. The van der Waals surface area contributed by atoms with Crippen molar-refractivity contribution < 1.29 is 75.2 Å². The van der Waals surface area contributed by atoms with Gasteiger partial charge >= 0.3 is 16.8 Å². The zero-order valence-corrected chi connectivity index (χ0v) is 26.8. The minimum absolute atomic E-state index is 0. The Hall–Kier alpha value is -4.15. The summed E-state index contributed by atoms with van der Waals surface area (Å²) in [6.45, 7) is -0.302. The van der Waals surface area contributed by atoms with Gasteiger partial charge in [-0.25, -0.2) is 0 Å². The van der Waals surface area contributed by atoms with E-state index in [0.717, 1.165) is 0 Å². The second-order valence-corrected chi connectivity index (χ2v) is 11.8. The Kier molecular flexibility index (Phi) is 17.8. The molecule has 0 saturated carbocycles. The van der Waals surface area contributed by atoms with E-state index >= 15 is 0 Å². The summed E-state index contributed by atoms with van der Waals surface area (Å²) in [5.41, 5.74) is 2.69. The summed E-state index contributed by atoms with van der Waals surface area (Å²) < 4.78 is 50.3. The van der Waals surface area contributed by atoms with Crippen LogP contribution in [-0.4, -0.2) is 70.0 Å². The van der Waals surface area contributed by atoms with Crippen LogP contribution in [0.5, 0.6) is 0 Å². The molecule has 2 aromatic heterocycles. The molecule has 0 saturated heterocycles. The first-order valence-corrected chi connectivity index (χ1v) is 15.4. The van der Waals surface area contributed by atoms with Crippen LogP contribution in [0.3, 0.4) is 0 Å². The van der Waals surface area contributed by atoms with E-state index in [9.17, 15) is 27.0 Å². The molecule has 19 heteroatoms. The summed E-state index contributed by atoms with van der Waals surface area (Å²) in [4.78, 5) is 7.84. The maximum absolute atomic E-state index is 11.1. The van der Waals surface area contributed by atoms with E-state index in [4.69, 9.17) is 20.4 Å². The maximum Gasteiger partial charge on any atom is 2.00 e. The minimum atomic E-state index is -3.68. The van der Waals surface area contributed by atoms with E-state index in [2.05, 4.69) is 18.8 Å². The van der Waals surface area contributed by atoms with E-state index in [1.54, 1.807) is 60.7 Å². The number of benzene rings is 2. The second-order valence-electron chi connectivity index (χ2n) is 8.61. The van der Waals surface area contributed by atoms with Crippen molar-refractivity contribution in [3.63, 3.8) is 0 Å². The van der Waals surface area contributed by atoms with Crippen LogP contribution in [0.2, 0.25) is 0 Å². The Bertz CT molecular complexity index is 1710. The van der Waals surface area contributed by atoms with Crippen molar-refractivity contribution in [2.24, 2.45) is 8.80 Å². The normalized spacial score (nSPS) is 13.6. The van der Waals surface area contributed by atoms with Gasteiger partial charge in [0.1, 0.15) is 0 Å². The average Bonchev–Trinajstić information content (AvgIpc) is 3.43. The van der Waals surface area contributed by atoms with Gasteiger partial charge in [0.2, 0.25) is 0 Å². The van der Waals surface area contributed by atoms with Crippen molar-refractivity contribution in [2.45, 2.75) is 36.2 Å². The number of nitrogens with zero attached hydrogens (tertiary/aromatic N) is 4. The van der Waals surface area contributed by atoms with Gasteiger partial charge in [-0.2, -0.15) is 25.6 Å². The molecule has 0 atom stereocenters. The van der Waals surface area contributed by atoms with E-state index < -0.39 is 31.8 Å². The van der Waals surface area contributed by atoms with Gasteiger partial charge in [0.05, 0.1) is 59.0 Å². The van der Waals surface area contributed by atoms with Gasteiger partial charge < -0.3 is 41.6 Å². The third kappa shape index (κ3) is 11.5. The molecule has 2 aliphatic rings. The van der Waals surface area contributed by atoms with E-state index in [1.807, 2.05) is 0 Å². The zero-order chi connectivity index (χ0) is 32.3. The van der Waals surface area contributed by atoms with Crippen LogP contribution in [0.1, 0.15) is 33.9 Å². The number of hydrogen-bond acceptors (Lipinski definition) is 12. The first-order valence-electron chi connectivity index (χ1n) is 12.5. The summed E-state index contributed by atoms with van der Waals surface area (Å²) in [6, 6.07) is 22.3. The summed E-state index contributed by atoms with van der Waals surface area (Å²) in [5.74, 6) is -1.35. The number of sulfonamides is 2. The second kappa shape index (κ2) is 19.5. The number of hydrogen-bond donors (Lipinski definition) is 4. The Morgan fingerprint density at radius 3 is 1.02 bits per heavy atom. The van der Waals surface area contributed by atoms with Gasteiger partial charge in [-0.15, -0.1) is 0 Å². The van der Waals surface area contributed by atoms with Crippen LogP contribution >= 0.6 is 0 Å². The topological polar surface area (TPSA) is 309 Å². The van der Waals surface area contributed by atoms with Crippen molar-refractivity contribution in [2.75, 3.05) is 0 Å². The van der Waals surface area contributed by atoms with Gasteiger partial charge in [0.25, 0.3) is 20.0 Å². The molecule has 0 spiro atoms. The summed E-state index contributed by atoms with van der Waals surface area (Å²) >= 11 is 0. The molecule has 16 nitrogen and oxygen atoms in total. The predicted molar refractivity (Wildman–Crippen MR) is 160 cm³/mol. The fourth-order valence-corrected chi connectivity index (χ4v) is 5.76. The zero-order valence-electron chi connectivity index (χ0n) is 24.1. The molecule has 1 radical (unpaired) electrons. The fourth-order valence-electron chi connectivity index (χ4n) is 3.56. The summed E-state index contributed by atoms with van der Waals surface area (Å²) in [7, 11) is -7.36. The monoisotopic (exact) mass is 737 g/mol. The van der Waals surface area contributed by atoms with Crippen molar-refractivity contribution >= 4 is 31.8 Å². The molecule has 2 aliphatic heterocycles. The molecule has 47 heavy (non-hydrogen) atoms. The fraction of sp³-hybridized carbons (Fsp3) is 0.143. The number of fused-ring (bicyclic) bond motifs is 2. The van der Waals surface area contributed by atoms with Crippen molar-refractivity contribution in [1.29, 1.82) is 0 Å². The molecular weight excluding hydrogens is 707 g/mol. The first kappa shape index (κ1) is 42.8. The molecule has 255 valence electrons. The number of aliphatic hydroxyl groups excluding tert-OH is 4. The van der Waals surface area contributed by atoms with Gasteiger partial charge in [-0.3, -0.25) is 9.97 Å². The summed E-state index contributed by atoms with van der Waals surface area (Å²) in [6.07, 6.45) is 0. The van der Waals surface area contributed by atoms with Crippen molar-refractivity contribution in [1.82, 2.24) is 9.97 Å². The van der Waals surface area contributed by atoms with E-state index in [-0.39, 0.29) is 75.1 Å². The van der Waals surface area contributed by atoms with Crippen LogP contribution in [0.25, 0.3) is 0 Å². The minimum Gasteiger partial charge on any atom is -0.858 e. The SMILES string of the molecule is O.O.O=S1(=O)N=C([O-])c2ccccc21.O=S1(=O)N=C([O-])c2ccccc21.OCc1cccc(CO)n1.OCc1cccc(CO)n1.[Co+2]. The number of pyridine rings is 2. The molecule has 0 fully saturated rings. The van der Waals surface area contributed by atoms with Crippen LogP contribution in [0.15, 0.2) is 104 Å². The van der Waals surface area contributed by atoms with Crippen LogP contribution in [0.4, 0.5) is 0 Å². The van der Waals surface area contributed by atoms with Gasteiger partial charge in [0, 0.05) is 22.9 Å². The molecule has 4 aromatic rings. The standard InChI is InChI=1S/2C7H5NO3S.2C7H9NO2.Co.2H2O/c2*9-7-5-3-1-2-4-6(5)12(10,11)8-7;2*9-4-6-2-1-3-7(5-10)8-6;;;/h2*1-4H,(H,8,9);2*1-3,9-10H,4-5H2;;2*1H2/q;;;;+2;;/p-2. The van der Waals surface area contributed by atoms with E-state index in [1.165, 1.54) is 24.3 Å². The molecule has 6 rings (SSSR count). The molecule has 0 amide bonds. The number of aromatic nitrogens is 2. The molecule has 0 bridgehead atoms. The molecule has 0 aliphatic carbocycles. The molecule has 2 aromatic carbocycles. The smallest absolute Gasteiger partial charge is 0.858 e. The van der Waals surface area contributed by atoms with Crippen LogP contribution in [-0.2, 0) is 63.3 Å². The van der Waals surface area contributed by atoms with Gasteiger partial charge in [0.15, 0.2) is 0 Å². The molecule has 4 heterocycles. The van der Waals surface area contributed by atoms with Gasteiger partial charge in [-0.05, 0) is 36.4 Å². The average molecular weight is 738 g/mol. The predicted octanol–water partition coefficient (Wildman–Crippen LogP) is -2.53. The third-order valence-electron chi connectivity index (χ3n) is 5.57. The summed E-state index contributed by atoms with van der Waals surface area (Å²) in [5, 5.41) is 56.3. The molecule has 0 unspecified atom stereocenters. The number of aliphatic hydroxyl groups is 4. The third-order valence-corrected chi connectivity index (χ3v) is 8.21. The first-order chi connectivity index (χ1) is 20.9. The van der Waals surface area contributed by atoms with Gasteiger partial charge in [-0.1, -0.05) is 48.5 Å².